The number of ether oxygens (including phenoxy) is 1. The molecule has 182 valence electrons. The number of benzene rings is 2. The van der Waals surface area contributed by atoms with Gasteiger partial charge in [-0.1, -0.05) is 37.8 Å². The average Bonchev–Trinajstić information content (AvgIpc) is 2.93. The summed E-state index contributed by atoms with van der Waals surface area (Å²) in [7, 11) is 0. The average molecular weight is 481 g/mol. The van der Waals surface area contributed by atoms with E-state index >= 15 is 0 Å². The molecule has 3 N–H and O–H groups in total. The lowest BCUT2D eigenvalue weighted by atomic mass is 9.95. The number of pyridine rings is 1. The molecule has 0 bridgehead atoms. The predicted molar refractivity (Wildman–Crippen MR) is 142 cm³/mol. The maximum Gasteiger partial charge on any atom is 0.247 e. The molecule has 1 amide bonds. The zero-order valence-corrected chi connectivity index (χ0v) is 20.1. The number of morpholine rings is 1. The van der Waals surface area contributed by atoms with Crippen molar-refractivity contribution in [2.75, 3.05) is 30.3 Å². The summed E-state index contributed by atoms with van der Waals surface area (Å²) in [4.78, 5) is 25.8. The van der Waals surface area contributed by atoms with E-state index in [9.17, 15) is 4.79 Å². The number of carbonyl (C=O) groups excluding carboxylic acids is 1. The van der Waals surface area contributed by atoms with E-state index in [0.717, 1.165) is 58.5 Å². The Hall–Kier alpha value is -4.14. The molecule has 0 radical (unpaired) electrons. The molecule has 0 aliphatic carbocycles. The number of hydrogen-bond acceptors (Lipinski definition) is 7. The normalized spacial score (nSPS) is 15.4. The molecule has 4 aromatic rings. The monoisotopic (exact) mass is 480 g/mol. The van der Waals surface area contributed by atoms with Crippen LogP contribution in [0.15, 0.2) is 73.6 Å². The summed E-state index contributed by atoms with van der Waals surface area (Å²) in [5.74, 6) is 0.235. The van der Waals surface area contributed by atoms with Crippen LogP contribution in [0.1, 0.15) is 24.3 Å². The fourth-order valence-corrected chi connectivity index (χ4v) is 4.32. The zero-order valence-electron chi connectivity index (χ0n) is 20.1. The topological polar surface area (TPSA) is 101 Å². The standard InChI is InChI=1S/C28H28N6O2/c1-3-18-8-9-20-15-31-28(33-22-10-11-23(30-16-22)24-17-29-12-13-36-24)34-27(20)26(18)19-6-5-7-21(14-19)32-25(35)4-2/h4-11,14-16,24,29H,2-3,12-13,17H2,1H3,(H,32,35)(H,31,33,34). The van der Waals surface area contributed by atoms with Gasteiger partial charge in [0.15, 0.2) is 0 Å². The molecule has 1 saturated heterocycles. The summed E-state index contributed by atoms with van der Waals surface area (Å²) in [6, 6.07) is 15.8. The molecule has 36 heavy (non-hydrogen) atoms. The van der Waals surface area contributed by atoms with Crippen LogP contribution >= 0.6 is 0 Å². The van der Waals surface area contributed by atoms with Crippen LogP contribution in [0.3, 0.4) is 0 Å². The third kappa shape index (κ3) is 5.10. The van der Waals surface area contributed by atoms with E-state index in [1.54, 1.807) is 6.20 Å². The number of rotatable bonds is 7. The third-order valence-electron chi connectivity index (χ3n) is 6.12. The zero-order chi connectivity index (χ0) is 24.9. The molecule has 8 heteroatoms. The van der Waals surface area contributed by atoms with Gasteiger partial charge in [0.05, 0.1) is 29.7 Å². The largest absolute Gasteiger partial charge is 0.369 e. The molecular formula is C28H28N6O2. The van der Waals surface area contributed by atoms with Gasteiger partial charge in [0.1, 0.15) is 6.10 Å². The summed E-state index contributed by atoms with van der Waals surface area (Å²) in [5, 5.41) is 10.4. The summed E-state index contributed by atoms with van der Waals surface area (Å²) < 4.78 is 5.79. The summed E-state index contributed by atoms with van der Waals surface area (Å²) in [5.41, 5.74) is 6.38. The highest BCUT2D eigenvalue weighted by Gasteiger charge is 2.17. The molecule has 8 nitrogen and oxygen atoms in total. The lowest BCUT2D eigenvalue weighted by Gasteiger charge is -2.23. The highest BCUT2D eigenvalue weighted by atomic mass is 16.5. The summed E-state index contributed by atoms with van der Waals surface area (Å²) in [6.07, 6.45) is 5.65. The number of carbonyl (C=O) groups is 1. The Morgan fingerprint density at radius 1 is 1.17 bits per heavy atom. The molecule has 1 fully saturated rings. The first-order chi connectivity index (χ1) is 17.6. The van der Waals surface area contributed by atoms with Gasteiger partial charge in [-0.15, -0.1) is 0 Å². The van der Waals surface area contributed by atoms with E-state index in [0.29, 0.717) is 18.2 Å². The summed E-state index contributed by atoms with van der Waals surface area (Å²) in [6.45, 7) is 7.95. The number of hydrogen-bond donors (Lipinski definition) is 3. The van der Waals surface area contributed by atoms with Gasteiger partial charge in [-0.3, -0.25) is 9.78 Å². The Balaban J connectivity index is 1.47. The Bertz CT molecular complexity index is 1400. The number of fused-ring (bicyclic) bond motifs is 1. The van der Waals surface area contributed by atoms with Crippen molar-refractivity contribution in [3.63, 3.8) is 0 Å². The molecular weight excluding hydrogens is 452 g/mol. The van der Waals surface area contributed by atoms with Crippen LogP contribution in [0.5, 0.6) is 0 Å². The van der Waals surface area contributed by atoms with Crippen LogP contribution in [0, 0.1) is 0 Å². The Morgan fingerprint density at radius 2 is 2.08 bits per heavy atom. The van der Waals surface area contributed by atoms with E-state index in [1.807, 2.05) is 48.7 Å². The van der Waals surface area contributed by atoms with Gasteiger partial charge in [-0.25, -0.2) is 9.97 Å². The van der Waals surface area contributed by atoms with Crippen LogP contribution in [-0.2, 0) is 16.0 Å². The Labute approximate surface area is 209 Å². The first-order valence-electron chi connectivity index (χ1n) is 12.0. The van der Waals surface area contributed by atoms with Crippen molar-refractivity contribution in [2.45, 2.75) is 19.4 Å². The maximum atomic E-state index is 11.8. The molecule has 0 spiro atoms. The van der Waals surface area contributed by atoms with E-state index in [1.165, 1.54) is 6.08 Å². The highest BCUT2D eigenvalue weighted by molar-refractivity contribution is 6.00. The van der Waals surface area contributed by atoms with Crippen molar-refractivity contribution < 1.29 is 9.53 Å². The number of nitrogens with one attached hydrogen (secondary N) is 3. The third-order valence-corrected chi connectivity index (χ3v) is 6.12. The number of nitrogens with zero attached hydrogens (tertiary/aromatic N) is 3. The lowest BCUT2D eigenvalue weighted by Crippen LogP contribution is -2.33. The van der Waals surface area contributed by atoms with Crippen LogP contribution in [0.2, 0.25) is 0 Å². The molecule has 1 aliphatic heterocycles. The summed E-state index contributed by atoms with van der Waals surface area (Å²) >= 11 is 0. The van der Waals surface area contributed by atoms with Gasteiger partial charge >= 0.3 is 0 Å². The van der Waals surface area contributed by atoms with Gasteiger partial charge in [-0.2, -0.15) is 0 Å². The van der Waals surface area contributed by atoms with E-state index < -0.39 is 0 Å². The minimum absolute atomic E-state index is 0.0354. The Kier molecular flexibility index (Phi) is 6.97. The van der Waals surface area contributed by atoms with Crippen molar-refractivity contribution in [3.8, 4) is 11.1 Å². The molecule has 2 aromatic carbocycles. The van der Waals surface area contributed by atoms with Gasteiger partial charge in [0.2, 0.25) is 11.9 Å². The van der Waals surface area contributed by atoms with Crippen LogP contribution < -0.4 is 16.0 Å². The minimum atomic E-state index is -0.250. The second-order valence-corrected chi connectivity index (χ2v) is 8.52. The maximum absolute atomic E-state index is 11.8. The number of aryl methyl sites for hydroxylation is 1. The molecule has 3 heterocycles. The molecule has 0 saturated carbocycles. The molecule has 1 atom stereocenters. The van der Waals surface area contributed by atoms with Crippen LogP contribution in [-0.4, -0.2) is 40.6 Å². The molecule has 5 rings (SSSR count). The molecule has 1 unspecified atom stereocenters. The van der Waals surface area contributed by atoms with Crippen LogP contribution in [0.4, 0.5) is 17.3 Å². The van der Waals surface area contributed by atoms with Crippen molar-refractivity contribution in [3.05, 3.63) is 84.8 Å². The van der Waals surface area contributed by atoms with E-state index in [-0.39, 0.29) is 12.0 Å². The van der Waals surface area contributed by atoms with Crippen molar-refractivity contribution in [2.24, 2.45) is 0 Å². The minimum Gasteiger partial charge on any atom is -0.369 e. The highest BCUT2D eigenvalue weighted by Crippen LogP contribution is 2.33. The van der Waals surface area contributed by atoms with Gasteiger partial charge in [-0.05, 0) is 47.9 Å². The second-order valence-electron chi connectivity index (χ2n) is 8.52. The fourth-order valence-electron chi connectivity index (χ4n) is 4.32. The van der Waals surface area contributed by atoms with E-state index in [4.69, 9.17) is 9.72 Å². The second kappa shape index (κ2) is 10.6. The number of anilines is 3. The molecule has 1 aliphatic rings. The van der Waals surface area contributed by atoms with Crippen molar-refractivity contribution in [1.29, 1.82) is 0 Å². The van der Waals surface area contributed by atoms with Crippen molar-refractivity contribution >= 4 is 34.1 Å². The van der Waals surface area contributed by atoms with Gasteiger partial charge in [0.25, 0.3) is 0 Å². The lowest BCUT2D eigenvalue weighted by molar-refractivity contribution is -0.111. The Morgan fingerprint density at radius 3 is 2.83 bits per heavy atom. The first kappa shape index (κ1) is 23.6. The molecule has 2 aromatic heterocycles. The van der Waals surface area contributed by atoms with Gasteiger partial charge in [0, 0.05) is 35.9 Å². The number of amides is 1. The number of aromatic nitrogens is 3. The fraction of sp³-hybridized carbons (Fsp3) is 0.214. The van der Waals surface area contributed by atoms with Gasteiger partial charge < -0.3 is 20.7 Å². The SMILES string of the molecule is C=CC(=O)Nc1cccc(-c2c(CC)ccc3cnc(Nc4ccc(C5CNCCO5)nc4)nc23)c1. The quantitative estimate of drug-likeness (QED) is 0.327. The van der Waals surface area contributed by atoms with Crippen molar-refractivity contribution in [1.82, 2.24) is 20.3 Å². The first-order valence-corrected chi connectivity index (χ1v) is 12.0. The smallest absolute Gasteiger partial charge is 0.247 e. The predicted octanol–water partition coefficient (Wildman–Crippen LogP) is 4.78. The van der Waals surface area contributed by atoms with Crippen LogP contribution in [0.25, 0.3) is 22.0 Å². The van der Waals surface area contributed by atoms with E-state index in [2.05, 4.69) is 45.5 Å².